The van der Waals surface area contributed by atoms with Gasteiger partial charge < -0.3 is 15.4 Å². The fraction of sp³-hybridized carbons (Fsp3) is 0.583. The average Bonchev–Trinajstić information content (AvgIpc) is 2.76. The minimum atomic E-state index is 0.0644. The Hall–Kier alpha value is -0.430. The summed E-state index contributed by atoms with van der Waals surface area (Å²) in [5, 5.41) is 8.21. The summed E-state index contributed by atoms with van der Waals surface area (Å²) in [4.78, 5) is 12.9. The van der Waals surface area contributed by atoms with Crippen LogP contribution in [0.2, 0.25) is 0 Å². The second kappa shape index (κ2) is 7.23. The van der Waals surface area contributed by atoms with Gasteiger partial charge in [0, 0.05) is 35.2 Å². The first-order chi connectivity index (χ1) is 8.75. The first kappa shape index (κ1) is 14.0. The third-order valence-electron chi connectivity index (χ3n) is 2.85. The van der Waals surface area contributed by atoms with Gasteiger partial charge in [0.2, 0.25) is 5.91 Å². The lowest BCUT2D eigenvalue weighted by molar-refractivity contribution is -0.121. The molecule has 1 aromatic rings. The number of rotatable bonds is 5. The van der Waals surface area contributed by atoms with Gasteiger partial charge in [0.25, 0.3) is 0 Å². The molecule has 0 spiro atoms. The van der Waals surface area contributed by atoms with Crippen LogP contribution in [0.15, 0.2) is 15.9 Å². The summed E-state index contributed by atoms with van der Waals surface area (Å²) in [7, 11) is 0. The van der Waals surface area contributed by atoms with Gasteiger partial charge in [0.1, 0.15) is 0 Å². The van der Waals surface area contributed by atoms with Crippen LogP contribution in [0.5, 0.6) is 0 Å². The Bertz CT molecular complexity index is 391. The van der Waals surface area contributed by atoms with E-state index in [1.165, 1.54) is 4.88 Å². The molecular formula is C12H17BrN2O2S. The molecule has 0 bridgehead atoms. The summed E-state index contributed by atoms with van der Waals surface area (Å²) in [6, 6.07) is 2.30. The maximum Gasteiger partial charge on any atom is 0.234 e. The van der Waals surface area contributed by atoms with E-state index in [1.807, 2.05) is 11.4 Å². The normalized spacial score (nSPS) is 16.7. The summed E-state index contributed by atoms with van der Waals surface area (Å²) in [6.45, 7) is 2.59. The van der Waals surface area contributed by atoms with Gasteiger partial charge in [0.05, 0.1) is 6.54 Å². The zero-order valence-corrected chi connectivity index (χ0v) is 12.5. The molecule has 1 fully saturated rings. The van der Waals surface area contributed by atoms with Crippen LogP contribution in [-0.2, 0) is 16.1 Å². The van der Waals surface area contributed by atoms with E-state index in [0.717, 1.165) is 37.1 Å². The van der Waals surface area contributed by atoms with E-state index in [1.54, 1.807) is 11.3 Å². The summed E-state index contributed by atoms with van der Waals surface area (Å²) < 4.78 is 6.36. The van der Waals surface area contributed by atoms with E-state index in [-0.39, 0.29) is 11.9 Å². The minimum absolute atomic E-state index is 0.0644. The molecule has 6 heteroatoms. The highest BCUT2D eigenvalue weighted by Gasteiger charge is 2.15. The van der Waals surface area contributed by atoms with Crippen molar-refractivity contribution in [2.24, 2.45) is 0 Å². The predicted molar refractivity (Wildman–Crippen MR) is 75.7 cm³/mol. The maximum atomic E-state index is 11.7. The molecule has 100 valence electrons. The number of amides is 1. The van der Waals surface area contributed by atoms with Gasteiger partial charge in [-0.05, 0) is 40.2 Å². The van der Waals surface area contributed by atoms with Crippen LogP contribution < -0.4 is 10.6 Å². The Kier molecular flexibility index (Phi) is 5.62. The molecule has 0 aromatic carbocycles. The number of hydrogen-bond donors (Lipinski definition) is 2. The number of hydrogen-bond acceptors (Lipinski definition) is 4. The summed E-state index contributed by atoms with van der Waals surface area (Å²) in [5.74, 6) is 0.0644. The van der Waals surface area contributed by atoms with Gasteiger partial charge in [-0.1, -0.05) is 0 Å². The Morgan fingerprint density at radius 2 is 2.28 bits per heavy atom. The second-order valence-electron chi connectivity index (χ2n) is 4.25. The molecule has 0 atom stereocenters. The molecule has 18 heavy (non-hydrogen) atoms. The fourth-order valence-corrected chi connectivity index (χ4v) is 3.32. The molecule has 4 nitrogen and oxygen atoms in total. The lowest BCUT2D eigenvalue weighted by atomic mass is 10.1. The van der Waals surface area contributed by atoms with Gasteiger partial charge in [-0.15, -0.1) is 11.3 Å². The van der Waals surface area contributed by atoms with Gasteiger partial charge in [0.15, 0.2) is 0 Å². The Balaban J connectivity index is 1.64. The topological polar surface area (TPSA) is 50.4 Å². The third-order valence-corrected chi connectivity index (χ3v) is 4.77. The van der Waals surface area contributed by atoms with Crippen molar-refractivity contribution in [1.29, 1.82) is 0 Å². The van der Waals surface area contributed by atoms with Crippen LogP contribution in [-0.4, -0.2) is 31.7 Å². The molecule has 1 aliphatic rings. The highest BCUT2D eigenvalue weighted by atomic mass is 79.9. The van der Waals surface area contributed by atoms with Gasteiger partial charge in [-0.2, -0.15) is 0 Å². The molecule has 2 N–H and O–H groups in total. The van der Waals surface area contributed by atoms with Crippen LogP contribution in [0.3, 0.4) is 0 Å². The van der Waals surface area contributed by atoms with Crippen molar-refractivity contribution >= 4 is 33.2 Å². The van der Waals surface area contributed by atoms with Gasteiger partial charge in [-0.25, -0.2) is 0 Å². The van der Waals surface area contributed by atoms with E-state index < -0.39 is 0 Å². The van der Waals surface area contributed by atoms with Crippen LogP contribution >= 0.6 is 27.3 Å². The molecule has 0 unspecified atom stereocenters. The third kappa shape index (κ3) is 4.35. The van der Waals surface area contributed by atoms with E-state index in [0.29, 0.717) is 6.54 Å². The highest BCUT2D eigenvalue weighted by molar-refractivity contribution is 9.10. The van der Waals surface area contributed by atoms with Gasteiger partial charge >= 0.3 is 0 Å². The first-order valence-corrected chi connectivity index (χ1v) is 7.72. The lowest BCUT2D eigenvalue weighted by Gasteiger charge is -2.23. The second-order valence-corrected chi connectivity index (χ2v) is 6.10. The molecular weight excluding hydrogens is 316 g/mol. The van der Waals surface area contributed by atoms with E-state index in [9.17, 15) is 4.79 Å². The van der Waals surface area contributed by atoms with Gasteiger partial charge in [-0.3, -0.25) is 4.79 Å². The summed E-state index contributed by atoms with van der Waals surface area (Å²) >= 11 is 5.15. The molecule has 0 aliphatic carbocycles. The smallest absolute Gasteiger partial charge is 0.234 e. The number of carbonyl (C=O) groups is 1. The van der Waals surface area contributed by atoms with Crippen molar-refractivity contribution in [1.82, 2.24) is 10.6 Å². The first-order valence-electron chi connectivity index (χ1n) is 6.05. The van der Waals surface area contributed by atoms with Crippen molar-refractivity contribution in [2.75, 3.05) is 19.8 Å². The molecule has 1 amide bonds. The zero-order valence-electron chi connectivity index (χ0n) is 10.1. The summed E-state index contributed by atoms with van der Waals surface area (Å²) in [6.07, 6.45) is 1.84. The molecule has 2 rings (SSSR count). The molecule has 1 saturated heterocycles. The predicted octanol–water partition coefficient (Wildman–Crippen LogP) is 1.90. The van der Waals surface area contributed by atoms with Crippen LogP contribution in [0.25, 0.3) is 0 Å². The number of carbonyl (C=O) groups excluding carboxylic acids is 1. The number of thiophene rings is 1. The molecule has 0 radical (unpaired) electrons. The average molecular weight is 333 g/mol. The lowest BCUT2D eigenvalue weighted by Crippen LogP contribution is -2.42. The number of halogens is 1. The molecule has 1 aliphatic heterocycles. The largest absolute Gasteiger partial charge is 0.381 e. The van der Waals surface area contributed by atoms with Crippen molar-refractivity contribution < 1.29 is 9.53 Å². The Labute approximate surface area is 119 Å². The van der Waals surface area contributed by atoms with Crippen molar-refractivity contribution in [3.8, 4) is 0 Å². The minimum Gasteiger partial charge on any atom is -0.381 e. The number of nitrogens with one attached hydrogen (secondary N) is 2. The standard InChI is InChI=1S/C12H17BrN2O2S/c13-10-3-6-18-11(10)7-14-8-12(16)15-9-1-4-17-5-2-9/h3,6,9,14H,1-2,4-5,7-8H2,(H,15,16). The quantitative estimate of drug-likeness (QED) is 0.865. The maximum absolute atomic E-state index is 11.7. The van der Waals surface area contributed by atoms with E-state index in [2.05, 4.69) is 26.6 Å². The fourth-order valence-electron chi connectivity index (χ4n) is 1.86. The van der Waals surface area contributed by atoms with Crippen LogP contribution in [0.1, 0.15) is 17.7 Å². The highest BCUT2D eigenvalue weighted by Crippen LogP contribution is 2.21. The monoisotopic (exact) mass is 332 g/mol. The van der Waals surface area contributed by atoms with Crippen molar-refractivity contribution in [3.05, 3.63) is 20.8 Å². The zero-order chi connectivity index (χ0) is 12.8. The van der Waals surface area contributed by atoms with E-state index >= 15 is 0 Å². The molecule has 0 saturated carbocycles. The van der Waals surface area contributed by atoms with Crippen molar-refractivity contribution in [2.45, 2.75) is 25.4 Å². The van der Waals surface area contributed by atoms with Crippen molar-refractivity contribution in [3.63, 3.8) is 0 Å². The Morgan fingerprint density at radius 3 is 2.94 bits per heavy atom. The van der Waals surface area contributed by atoms with Crippen LogP contribution in [0.4, 0.5) is 0 Å². The molecule has 1 aromatic heterocycles. The van der Waals surface area contributed by atoms with Crippen LogP contribution in [0, 0.1) is 0 Å². The van der Waals surface area contributed by atoms with E-state index in [4.69, 9.17) is 4.74 Å². The Morgan fingerprint density at radius 1 is 1.50 bits per heavy atom. The summed E-state index contributed by atoms with van der Waals surface area (Å²) in [5.41, 5.74) is 0. The SMILES string of the molecule is O=C(CNCc1sccc1Br)NC1CCOCC1. The number of ether oxygens (including phenoxy) is 1. The molecule has 2 heterocycles.